The van der Waals surface area contributed by atoms with Crippen LogP contribution in [-0.2, 0) is 0 Å². The fourth-order valence-electron chi connectivity index (χ4n) is 1.18. The third-order valence-electron chi connectivity index (χ3n) is 1.78. The Morgan fingerprint density at radius 3 is 3.08 bits per heavy atom. The Hall–Kier alpha value is -1.42. The number of nitrogens with zero attached hydrogens (tertiary/aromatic N) is 3. The lowest BCUT2D eigenvalue weighted by molar-refractivity contribution is 0.767. The Balaban J connectivity index is 2.70. The maximum Gasteiger partial charge on any atom is 0.233 e. The van der Waals surface area contributed by atoms with Gasteiger partial charge in [0.25, 0.3) is 0 Å². The van der Waals surface area contributed by atoms with Crippen LogP contribution in [0.4, 0.5) is 0 Å². The van der Waals surface area contributed by atoms with Crippen LogP contribution in [0, 0.1) is 0 Å². The summed E-state index contributed by atoms with van der Waals surface area (Å²) < 4.78 is 1.89. The molecule has 0 aromatic carbocycles. The van der Waals surface area contributed by atoms with E-state index in [-0.39, 0.29) is 6.04 Å². The molecule has 1 unspecified atom stereocenters. The summed E-state index contributed by atoms with van der Waals surface area (Å²) in [6.45, 7) is 1.93. The van der Waals surface area contributed by atoms with Gasteiger partial charge in [-0.15, -0.1) is 0 Å². The van der Waals surface area contributed by atoms with E-state index in [1.54, 1.807) is 12.4 Å². The first-order chi connectivity index (χ1) is 5.79. The number of nitrogens with two attached hydrogens (primary N) is 1. The summed E-state index contributed by atoms with van der Waals surface area (Å²) in [5.74, 6) is 0.699. The molecular formula is C8H10N4. The maximum atomic E-state index is 5.74. The zero-order valence-corrected chi connectivity index (χ0v) is 6.81. The highest BCUT2D eigenvalue weighted by Crippen LogP contribution is 2.09. The highest BCUT2D eigenvalue weighted by Gasteiger charge is 2.05. The van der Waals surface area contributed by atoms with Gasteiger partial charge in [0.15, 0.2) is 0 Å². The van der Waals surface area contributed by atoms with E-state index >= 15 is 0 Å². The first-order valence-corrected chi connectivity index (χ1v) is 3.82. The van der Waals surface area contributed by atoms with Crippen LogP contribution in [0.15, 0.2) is 24.7 Å². The molecule has 12 heavy (non-hydrogen) atoms. The lowest BCUT2D eigenvalue weighted by Crippen LogP contribution is -2.07. The molecule has 0 radical (unpaired) electrons. The standard InChI is InChI=1S/C8H10N4/c1-6(9)7-5-11-8-10-3-2-4-12(7)8/h2-6H,9H2,1H3. The summed E-state index contributed by atoms with van der Waals surface area (Å²) >= 11 is 0. The summed E-state index contributed by atoms with van der Waals surface area (Å²) in [6, 6.07) is 1.85. The van der Waals surface area contributed by atoms with Crippen molar-refractivity contribution in [3.05, 3.63) is 30.4 Å². The minimum absolute atomic E-state index is 0.0100. The van der Waals surface area contributed by atoms with Gasteiger partial charge in [-0.25, -0.2) is 9.97 Å². The summed E-state index contributed by atoms with van der Waals surface area (Å²) in [4.78, 5) is 8.19. The molecule has 2 rings (SSSR count). The molecule has 0 aliphatic rings. The van der Waals surface area contributed by atoms with E-state index in [1.165, 1.54) is 0 Å². The van der Waals surface area contributed by atoms with Gasteiger partial charge in [0, 0.05) is 18.4 Å². The molecule has 1 atom stereocenters. The van der Waals surface area contributed by atoms with Crippen LogP contribution in [0.2, 0.25) is 0 Å². The molecule has 0 saturated carbocycles. The van der Waals surface area contributed by atoms with E-state index in [1.807, 2.05) is 23.6 Å². The van der Waals surface area contributed by atoms with Crippen LogP contribution >= 0.6 is 0 Å². The molecule has 0 fully saturated rings. The molecule has 2 heterocycles. The van der Waals surface area contributed by atoms with Crippen LogP contribution in [0.5, 0.6) is 0 Å². The van der Waals surface area contributed by atoms with Crippen molar-refractivity contribution < 1.29 is 0 Å². The van der Waals surface area contributed by atoms with Crippen LogP contribution in [0.1, 0.15) is 18.7 Å². The van der Waals surface area contributed by atoms with Crippen LogP contribution in [0.3, 0.4) is 0 Å². The van der Waals surface area contributed by atoms with Gasteiger partial charge in [0.2, 0.25) is 5.78 Å². The van der Waals surface area contributed by atoms with Crippen LogP contribution < -0.4 is 5.73 Å². The average molecular weight is 162 g/mol. The molecule has 2 aromatic rings. The van der Waals surface area contributed by atoms with Crippen molar-refractivity contribution in [3.63, 3.8) is 0 Å². The summed E-state index contributed by atoms with van der Waals surface area (Å²) in [7, 11) is 0. The third-order valence-corrected chi connectivity index (χ3v) is 1.78. The largest absolute Gasteiger partial charge is 0.323 e. The van der Waals surface area contributed by atoms with Crippen molar-refractivity contribution in [1.82, 2.24) is 14.4 Å². The number of rotatable bonds is 1. The second-order valence-corrected chi connectivity index (χ2v) is 2.76. The minimum Gasteiger partial charge on any atom is -0.323 e. The molecule has 4 nitrogen and oxygen atoms in total. The summed E-state index contributed by atoms with van der Waals surface area (Å²) in [5.41, 5.74) is 6.72. The van der Waals surface area contributed by atoms with E-state index < -0.39 is 0 Å². The molecule has 0 aliphatic heterocycles. The topological polar surface area (TPSA) is 56.2 Å². The zero-order valence-electron chi connectivity index (χ0n) is 6.81. The molecule has 0 bridgehead atoms. The zero-order chi connectivity index (χ0) is 8.55. The van der Waals surface area contributed by atoms with Gasteiger partial charge in [-0.1, -0.05) is 0 Å². The van der Waals surface area contributed by atoms with Crippen LogP contribution in [-0.4, -0.2) is 14.4 Å². The van der Waals surface area contributed by atoms with Gasteiger partial charge in [-0.2, -0.15) is 0 Å². The smallest absolute Gasteiger partial charge is 0.233 e. The molecule has 2 aromatic heterocycles. The number of hydrogen-bond acceptors (Lipinski definition) is 3. The number of hydrogen-bond donors (Lipinski definition) is 1. The van der Waals surface area contributed by atoms with Crippen molar-refractivity contribution in [2.24, 2.45) is 5.73 Å². The van der Waals surface area contributed by atoms with E-state index in [4.69, 9.17) is 5.73 Å². The summed E-state index contributed by atoms with van der Waals surface area (Å²) in [5, 5.41) is 0. The van der Waals surface area contributed by atoms with E-state index in [0.717, 1.165) is 5.69 Å². The molecule has 0 spiro atoms. The van der Waals surface area contributed by atoms with Gasteiger partial charge >= 0.3 is 0 Å². The van der Waals surface area contributed by atoms with Crippen molar-refractivity contribution >= 4 is 5.78 Å². The van der Waals surface area contributed by atoms with Gasteiger partial charge in [0.1, 0.15) is 0 Å². The van der Waals surface area contributed by atoms with Gasteiger partial charge in [-0.05, 0) is 13.0 Å². The lowest BCUT2D eigenvalue weighted by atomic mass is 10.3. The van der Waals surface area contributed by atoms with E-state index in [0.29, 0.717) is 5.78 Å². The van der Waals surface area contributed by atoms with E-state index in [2.05, 4.69) is 9.97 Å². The second-order valence-electron chi connectivity index (χ2n) is 2.76. The van der Waals surface area contributed by atoms with Gasteiger partial charge < -0.3 is 5.73 Å². The van der Waals surface area contributed by atoms with Gasteiger partial charge in [0.05, 0.1) is 11.9 Å². The first-order valence-electron chi connectivity index (χ1n) is 3.82. The fraction of sp³-hybridized carbons (Fsp3) is 0.250. The Kier molecular flexibility index (Phi) is 1.55. The quantitative estimate of drug-likeness (QED) is 0.673. The molecule has 0 amide bonds. The Morgan fingerprint density at radius 1 is 1.50 bits per heavy atom. The maximum absolute atomic E-state index is 5.74. The molecule has 2 N–H and O–H groups in total. The molecule has 0 saturated heterocycles. The normalized spacial score (nSPS) is 13.5. The Bertz CT molecular complexity index is 391. The minimum atomic E-state index is -0.0100. The molecule has 4 heteroatoms. The average Bonchev–Trinajstić information content (AvgIpc) is 2.47. The van der Waals surface area contributed by atoms with Crippen molar-refractivity contribution in [2.75, 3.05) is 0 Å². The highest BCUT2D eigenvalue weighted by atomic mass is 15.1. The van der Waals surface area contributed by atoms with Crippen molar-refractivity contribution in [1.29, 1.82) is 0 Å². The Labute approximate surface area is 70.1 Å². The predicted octanol–water partition coefficient (Wildman–Crippen LogP) is 0.749. The Morgan fingerprint density at radius 2 is 2.33 bits per heavy atom. The van der Waals surface area contributed by atoms with Gasteiger partial charge in [-0.3, -0.25) is 4.40 Å². The highest BCUT2D eigenvalue weighted by molar-refractivity contribution is 5.31. The van der Waals surface area contributed by atoms with Crippen molar-refractivity contribution in [3.8, 4) is 0 Å². The summed E-state index contributed by atoms with van der Waals surface area (Å²) in [6.07, 6.45) is 5.38. The lowest BCUT2D eigenvalue weighted by Gasteiger charge is -2.02. The number of fused-ring (bicyclic) bond motifs is 1. The molecule has 0 aliphatic carbocycles. The SMILES string of the molecule is CC(N)c1cnc2ncccn12. The first kappa shape index (κ1) is 7.24. The predicted molar refractivity (Wildman–Crippen MR) is 45.6 cm³/mol. The monoisotopic (exact) mass is 162 g/mol. The van der Waals surface area contributed by atoms with E-state index in [9.17, 15) is 0 Å². The third kappa shape index (κ3) is 0.967. The van der Waals surface area contributed by atoms with Crippen LogP contribution in [0.25, 0.3) is 5.78 Å². The number of aromatic nitrogens is 3. The van der Waals surface area contributed by atoms with Crippen molar-refractivity contribution in [2.45, 2.75) is 13.0 Å². The molecule has 62 valence electrons. The second kappa shape index (κ2) is 2.57. The fourth-order valence-corrected chi connectivity index (χ4v) is 1.18. The molecular weight excluding hydrogens is 152 g/mol. The number of imidazole rings is 1.